The summed E-state index contributed by atoms with van der Waals surface area (Å²) in [7, 11) is 0. The Morgan fingerprint density at radius 1 is 1.06 bits per heavy atom. The molecule has 1 heterocycles. The van der Waals surface area contributed by atoms with Gasteiger partial charge in [-0.25, -0.2) is 0 Å². The molecule has 0 aromatic heterocycles. The summed E-state index contributed by atoms with van der Waals surface area (Å²) in [5.41, 5.74) is 4.71. The number of aliphatic hydroxyl groups is 2. The number of aliphatic hydroxyl groups excluding tert-OH is 2. The Labute approximate surface area is 210 Å². The quantitative estimate of drug-likeness (QED) is 0.358. The molecule has 1 aliphatic heterocycles. The van der Waals surface area contributed by atoms with Crippen LogP contribution in [0.3, 0.4) is 0 Å². The molecule has 0 bridgehead atoms. The van der Waals surface area contributed by atoms with Crippen molar-refractivity contribution in [3.8, 4) is 12.3 Å². The van der Waals surface area contributed by atoms with E-state index in [4.69, 9.17) is 6.42 Å². The fraction of sp³-hybridized carbons (Fsp3) is 0.300. The normalized spacial score (nSPS) is 16.1. The Hall–Kier alpha value is -3.59. The number of aliphatic imine (C=N–C) groups is 1. The number of terminal acetylenes is 1. The topological polar surface area (TPSA) is 82.2 Å². The zero-order valence-corrected chi connectivity index (χ0v) is 21.5. The van der Waals surface area contributed by atoms with Gasteiger partial charge in [0.1, 0.15) is 5.69 Å². The Kier molecular flexibility index (Phi) is 17.8. The lowest BCUT2D eigenvalue weighted by Gasteiger charge is -2.01. The van der Waals surface area contributed by atoms with Crippen LogP contribution in [0.2, 0.25) is 0 Å². The van der Waals surface area contributed by atoms with Crippen molar-refractivity contribution < 1.29 is 10.2 Å². The standard InChI is InChI=1S/C19H19NO2.C7H7NO.2C2H6/c1-2-15-4-3-5-16(7-6-15)8-9-17-10-11-18(13-21)20-19(12-17)14-22;1-6-2-4-7(8-9)5-3-6;2*1-2/h1,4-12,17,21-22H,3,13-14H2;2-5H,1H3;2*1-2H3/b9-8+;;;. The third kappa shape index (κ3) is 13.0. The minimum atomic E-state index is -0.145. The summed E-state index contributed by atoms with van der Waals surface area (Å²) in [6.45, 7) is 9.68. The van der Waals surface area contributed by atoms with Gasteiger partial charge in [-0.2, -0.15) is 0 Å². The maximum atomic E-state index is 9.87. The molecule has 0 fully saturated rings. The van der Waals surface area contributed by atoms with Crippen LogP contribution in [0.15, 0.2) is 106 Å². The van der Waals surface area contributed by atoms with Gasteiger partial charge in [0.15, 0.2) is 0 Å². The third-order valence-corrected chi connectivity index (χ3v) is 4.47. The molecular weight excluding hydrogens is 436 g/mol. The molecule has 1 aliphatic carbocycles. The maximum absolute atomic E-state index is 9.87. The summed E-state index contributed by atoms with van der Waals surface area (Å²) in [6.07, 6.45) is 23.9. The summed E-state index contributed by atoms with van der Waals surface area (Å²) in [5, 5.41) is 21.2. The van der Waals surface area contributed by atoms with Crippen molar-refractivity contribution in [3.05, 3.63) is 106 Å². The highest BCUT2D eigenvalue weighted by Gasteiger charge is 2.06. The van der Waals surface area contributed by atoms with Gasteiger partial charge in [-0.15, -0.1) is 11.3 Å². The predicted molar refractivity (Wildman–Crippen MR) is 150 cm³/mol. The fourth-order valence-electron chi connectivity index (χ4n) is 2.76. The lowest BCUT2D eigenvalue weighted by Crippen LogP contribution is -2.00. The molecule has 1 aromatic rings. The molecule has 2 N–H and O–H groups in total. The summed E-state index contributed by atoms with van der Waals surface area (Å²) in [4.78, 5) is 14.1. The van der Waals surface area contributed by atoms with Gasteiger partial charge in [0.05, 0.1) is 24.6 Å². The van der Waals surface area contributed by atoms with Gasteiger partial charge in [0.25, 0.3) is 0 Å². The van der Waals surface area contributed by atoms with Crippen LogP contribution in [-0.4, -0.2) is 29.1 Å². The van der Waals surface area contributed by atoms with E-state index in [0.717, 1.165) is 23.1 Å². The maximum Gasteiger partial charge on any atom is 0.108 e. The summed E-state index contributed by atoms with van der Waals surface area (Å²) in [5.74, 6) is 2.65. The van der Waals surface area contributed by atoms with Crippen LogP contribution in [0.5, 0.6) is 0 Å². The molecule has 0 spiro atoms. The van der Waals surface area contributed by atoms with Crippen molar-refractivity contribution >= 4 is 11.4 Å². The number of hydrogen-bond acceptors (Lipinski definition) is 5. The van der Waals surface area contributed by atoms with Gasteiger partial charge >= 0.3 is 0 Å². The Balaban J connectivity index is 0.000000740. The first kappa shape index (κ1) is 31.4. The van der Waals surface area contributed by atoms with Gasteiger partial charge in [-0.1, -0.05) is 87.8 Å². The molecule has 1 atom stereocenters. The van der Waals surface area contributed by atoms with Crippen molar-refractivity contribution in [2.45, 2.75) is 41.0 Å². The van der Waals surface area contributed by atoms with Crippen molar-refractivity contribution in [2.75, 3.05) is 13.2 Å². The number of hydrogen-bond donors (Lipinski definition) is 2. The molecule has 0 saturated heterocycles. The molecule has 3 rings (SSSR count). The number of aryl methyl sites for hydroxylation is 1. The van der Waals surface area contributed by atoms with Gasteiger partial charge in [-0.3, -0.25) is 4.99 Å². The minimum absolute atomic E-state index is 0.0209. The van der Waals surface area contributed by atoms with E-state index in [9.17, 15) is 15.1 Å². The number of rotatable bonds is 5. The van der Waals surface area contributed by atoms with Crippen molar-refractivity contribution in [1.29, 1.82) is 0 Å². The van der Waals surface area contributed by atoms with Gasteiger partial charge in [0.2, 0.25) is 0 Å². The molecule has 1 unspecified atom stereocenters. The van der Waals surface area contributed by atoms with E-state index in [1.165, 1.54) is 0 Å². The highest BCUT2D eigenvalue weighted by atomic mass is 16.3. The second-order valence-electron chi connectivity index (χ2n) is 6.88. The van der Waals surface area contributed by atoms with Crippen LogP contribution in [0.4, 0.5) is 5.69 Å². The van der Waals surface area contributed by atoms with Crippen molar-refractivity contribution in [2.24, 2.45) is 16.1 Å². The van der Waals surface area contributed by atoms with Crippen LogP contribution >= 0.6 is 0 Å². The first-order valence-electron chi connectivity index (χ1n) is 11.9. The second kappa shape index (κ2) is 19.8. The number of nitroso groups, excluding NO2 is 1. The molecular formula is C30H38N2O3. The second-order valence-corrected chi connectivity index (χ2v) is 6.88. The van der Waals surface area contributed by atoms with E-state index in [0.29, 0.717) is 17.1 Å². The van der Waals surface area contributed by atoms with E-state index < -0.39 is 0 Å². The average molecular weight is 475 g/mol. The molecule has 35 heavy (non-hydrogen) atoms. The van der Waals surface area contributed by atoms with Crippen molar-refractivity contribution in [3.63, 3.8) is 0 Å². The predicted octanol–water partition coefficient (Wildman–Crippen LogP) is 6.93. The highest BCUT2D eigenvalue weighted by Crippen LogP contribution is 2.16. The van der Waals surface area contributed by atoms with Gasteiger partial charge in [0, 0.05) is 11.5 Å². The summed E-state index contributed by atoms with van der Waals surface area (Å²) >= 11 is 0. The first-order valence-corrected chi connectivity index (χ1v) is 11.9. The van der Waals surface area contributed by atoms with E-state index in [2.05, 4.69) is 22.2 Å². The first-order chi connectivity index (χ1) is 17.1. The third-order valence-electron chi connectivity index (χ3n) is 4.47. The van der Waals surface area contributed by atoms with Crippen LogP contribution in [0.25, 0.3) is 0 Å². The van der Waals surface area contributed by atoms with E-state index in [-0.39, 0.29) is 19.1 Å². The minimum Gasteiger partial charge on any atom is -0.390 e. The van der Waals surface area contributed by atoms with E-state index in [1.54, 1.807) is 18.2 Å². The molecule has 186 valence electrons. The Morgan fingerprint density at radius 3 is 2.31 bits per heavy atom. The van der Waals surface area contributed by atoms with Crippen LogP contribution in [-0.2, 0) is 0 Å². The monoisotopic (exact) mass is 474 g/mol. The lowest BCUT2D eigenvalue weighted by atomic mass is 10.0. The Morgan fingerprint density at radius 2 is 1.74 bits per heavy atom. The van der Waals surface area contributed by atoms with Gasteiger partial charge in [-0.05, 0) is 54.5 Å². The van der Waals surface area contributed by atoms with Crippen LogP contribution in [0.1, 0.15) is 39.7 Å². The molecule has 2 aliphatic rings. The molecule has 0 saturated carbocycles. The highest BCUT2D eigenvalue weighted by molar-refractivity contribution is 5.96. The largest absolute Gasteiger partial charge is 0.390 e. The number of benzene rings is 1. The van der Waals surface area contributed by atoms with Crippen molar-refractivity contribution in [1.82, 2.24) is 0 Å². The molecule has 0 amide bonds. The fourth-order valence-corrected chi connectivity index (χ4v) is 2.76. The number of allylic oxidation sites excluding steroid dienone is 10. The molecule has 5 nitrogen and oxygen atoms in total. The van der Waals surface area contributed by atoms with Crippen LogP contribution < -0.4 is 0 Å². The van der Waals surface area contributed by atoms with E-state index in [1.807, 2.05) is 89.3 Å². The van der Waals surface area contributed by atoms with Gasteiger partial charge < -0.3 is 10.2 Å². The summed E-state index contributed by atoms with van der Waals surface area (Å²) < 4.78 is 0. The SMILES string of the molecule is C#CC1=CCC=C(/C=C/C2C=CC(CO)=NC(CO)=C2)C=C1.CC.CC.Cc1ccc(N=O)cc1. The lowest BCUT2D eigenvalue weighted by molar-refractivity contribution is 0.328. The molecule has 0 radical (unpaired) electrons. The Bertz CT molecular complexity index is 1010. The zero-order chi connectivity index (χ0) is 26.5. The summed E-state index contributed by atoms with van der Waals surface area (Å²) in [6, 6.07) is 7.11. The number of nitrogens with zero attached hydrogens (tertiary/aromatic N) is 2. The smallest absolute Gasteiger partial charge is 0.108 e. The average Bonchev–Trinajstić information content (AvgIpc) is 3.28. The molecule has 1 aromatic carbocycles. The molecule has 5 heteroatoms. The van der Waals surface area contributed by atoms with E-state index >= 15 is 0 Å². The van der Waals surface area contributed by atoms with Crippen LogP contribution in [0, 0.1) is 30.1 Å². The zero-order valence-electron chi connectivity index (χ0n) is 21.5.